The number of aryl methyl sites for hydroxylation is 3. The van der Waals surface area contributed by atoms with Gasteiger partial charge in [-0.15, -0.1) is 0 Å². The summed E-state index contributed by atoms with van der Waals surface area (Å²) in [4.78, 5) is 12.1. The largest absolute Gasteiger partial charge is 0.274 e. The van der Waals surface area contributed by atoms with E-state index >= 15 is 0 Å². The summed E-state index contributed by atoms with van der Waals surface area (Å²) in [7, 11) is -3.84. The maximum Gasteiger partial charge on any atom is 0.264 e. The molecule has 0 saturated heterocycles. The Morgan fingerprint density at radius 3 is 2.35 bits per heavy atom. The molecule has 0 fully saturated rings. The SMILES string of the molecule is Cc1ccc(S(=O)(=O)NC(=O)CCc2ccc(Cl)cc2)c(C)c1. The second kappa shape index (κ2) is 7.15. The zero-order valence-electron chi connectivity index (χ0n) is 13.0. The minimum atomic E-state index is -3.84. The fourth-order valence-corrected chi connectivity index (χ4v) is 3.63. The zero-order chi connectivity index (χ0) is 17.0. The monoisotopic (exact) mass is 351 g/mol. The van der Waals surface area contributed by atoms with E-state index in [1.54, 1.807) is 31.2 Å². The molecule has 0 aliphatic carbocycles. The van der Waals surface area contributed by atoms with Gasteiger partial charge in [-0.3, -0.25) is 4.79 Å². The molecular weight excluding hydrogens is 334 g/mol. The van der Waals surface area contributed by atoms with Gasteiger partial charge in [0.1, 0.15) is 0 Å². The van der Waals surface area contributed by atoms with E-state index in [0.29, 0.717) is 17.0 Å². The molecule has 1 N–H and O–H groups in total. The van der Waals surface area contributed by atoms with Gasteiger partial charge in [-0.2, -0.15) is 0 Å². The lowest BCUT2D eigenvalue weighted by atomic mass is 10.1. The van der Waals surface area contributed by atoms with Crippen LogP contribution in [-0.4, -0.2) is 14.3 Å². The van der Waals surface area contributed by atoms with E-state index in [2.05, 4.69) is 4.72 Å². The Kier molecular flexibility index (Phi) is 5.44. The summed E-state index contributed by atoms with van der Waals surface area (Å²) in [5, 5.41) is 0.621. The van der Waals surface area contributed by atoms with Gasteiger partial charge < -0.3 is 0 Å². The number of rotatable bonds is 5. The predicted molar refractivity (Wildman–Crippen MR) is 91.0 cm³/mol. The number of hydrogen-bond donors (Lipinski definition) is 1. The van der Waals surface area contributed by atoms with Crippen molar-refractivity contribution in [2.24, 2.45) is 0 Å². The molecular formula is C17H18ClNO3S. The summed E-state index contributed by atoms with van der Waals surface area (Å²) in [6.45, 7) is 3.59. The quantitative estimate of drug-likeness (QED) is 0.898. The van der Waals surface area contributed by atoms with Gasteiger partial charge in [0.05, 0.1) is 4.90 Å². The van der Waals surface area contributed by atoms with Crippen LogP contribution >= 0.6 is 11.6 Å². The number of carbonyl (C=O) groups is 1. The highest BCUT2D eigenvalue weighted by atomic mass is 35.5. The van der Waals surface area contributed by atoms with Crippen LogP contribution in [0.1, 0.15) is 23.1 Å². The first-order valence-electron chi connectivity index (χ1n) is 7.15. The van der Waals surface area contributed by atoms with Crippen molar-refractivity contribution >= 4 is 27.5 Å². The molecule has 0 heterocycles. The summed E-state index contributed by atoms with van der Waals surface area (Å²) in [6.07, 6.45) is 0.539. The Morgan fingerprint density at radius 1 is 1.09 bits per heavy atom. The third kappa shape index (κ3) is 4.81. The van der Waals surface area contributed by atoms with Gasteiger partial charge in [0.15, 0.2) is 0 Å². The molecule has 23 heavy (non-hydrogen) atoms. The number of hydrogen-bond acceptors (Lipinski definition) is 3. The van der Waals surface area contributed by atoms with E-state index in [4.69, 9.17) is 11.6 Å². The van der Waals surface area contributed by atoms with Gasteiger partial charge in [0.25, 0.3) is 10.0 Å². The molecule has 0 unspecified atom stereocenters. The average molecular weight is 352 g/mol. The van der Waals surface area contributed by atoms with Crippen LogP contribution in [0.15, 0.2) is 47.4 Å². The van der Waals surface area contributed by atoms with Gasteiger partial charge in [0.2, 0.25) is 5.91 Å². The molecule has 0 aromatic heterocycles. The molecule has 6 heteroatoms. The standard InChI is InChI=1S/C17H18ClNO3S/c1-12-3-9-16(13(2)11-12)23(21,22)19-17(20)10-6-14-4-7-15(18)8-5-14/h3-5,7-9,11H,6,10H2,1-2H3,(H,19,20). The molecule has 0 spiro atoms. The molecule has 2 aromatic rings. The molecule has 0 aliphatic heterocycles. The Balaban J connectivity index is 2.02. The van der Waals surface area contributed by atoms with Crippen LogP contribution in [0.5, 0.6) is 0 Å². The zero-order valence-corrected chi connectivity index (χ0v) is 14.5. The van der Waals surface area contributed by atoms with Crippen LogP contribution in [0.2, 0.25) is 5.02 Å². The maximum atomic E-state index is 12.3. The summed E-state index contributed by atoms with van der Waals surface area (Å²) >= 11 is 5.80. The van der Waals surface area contributed by atoms with E-state index in [9.17, 15) is 13.2 Å². The van der Waals surface area contributed by atoms with Gasteiger partial charge in [-0.25, -0.2) is 13.1 Å². The Morgan fingerprint density at radius 2 is 1.74 bits per heavy atom. The van der Waals surface area contributed by atoms with Crippen molar-refractivity contribution in [1.82, 2.24) is 4.72 Å². The predicted octanol–water partition coefficient (Wildman–Crippen LogP) is 3.39. The minimum absolute atomic E-state index is 0.0891. The molecule has 0 atom stereocenters. The lowest BCUT2D eigenvalue weighted by Gasteiger charge is -2.10. The first-order valence-corrected chi connectivity index (χ1v) is 9.01. The minimum Gasteiger partial charge on any atom is -0.274 e. The number of halogens is 1. The van der Waals surface area contributed by atoms with Crippen molar-refractivity contribution in [2.45, 2.75) is 31.6 Å². The molecule has 0 radical (unpaired) electrons. The highest BCUT2D eigenvalue weighted by molar-refractivity contribution is 7.90. The van der Waals surface area contributed by atoms with E-state index < -0.39 is 15.9 Å². The van der Waals surface area contributed by atoms with E-state index in [1.165, 1.54) is 6.07 Å². The normalized spacial score (nSPS) is 11.3. The number of sulfonamides is 1. The highest BCUT2D eigenvalue weighted by Gasteiger charge is 2.19. The van der Waals surface area contributed by atoms with Gasteiger partial charge >= 0.3 is 0 Å². The Labute approximate surface area is 141 Å². The number of carbonyl (C=O) groups excluding carboxylic acids is 1. The number of nitrogens with one attached hydrogen (secondary N) is 1. The molecule has 2 rings (SSSR count). The Hall–Kier alpha value is -1.85. The molecule has 0 saturated carbocycles. The van der Waals surface area contributed by atoms with Gasteiger partial charge in [-0.05, 0) is 49.6 Å². The van der Waals surface area contributed by atoms with Crippen molar-refractivity contribution in [3.05, 3.63) is 64.2 Å². The van der Waals surface area contributed by atoms with Crippen LogP contribution in [0.25, 0.3) is 0 Å². The maximum absolute atomic E-state index is 12.3. The third-order valence-electron chi connectivity index (χ3n) is 3.42. The third-order valence-corrected chi connectivity index (χ3v) is 5.21. The first-order chi connectivity index (χ1) is 10.8. The molecule has 4 nitrogen and oxygen atoms in total. The lowest BCUT2D eigenvalue weighted by molar-refractivity contribution is -0.119. The van der Waals surface area contributed by atoms with Gasteiger partial charge in [-0.1, -0.05) is 41.4 Å². The van der Waals surface area contributed by atoms with E-state index in [1.807, 2.05) is 19.1 Å². The number of amides is 1. The summed E-state index contributed by atoms with van der Waals surface area (Å²) in [5.41, 5.74) is 2.51. The van der Waals surface area contributed by atoms with Crippen molar-refractivity contribution in [2.75, 3.05) is 0 Å². The van der Waals surface area contributed by atoms with E-state index in [0.717, 1.165) is 11.1 Å². The molecule has 0 bridgehead atoms. The summed E-state index contributed by atoms with van der Waals surface area (Å²) in [6, 6.07) is 12.1. The summed E-state index contributed by atoms with van der Waals surface area (Å²) in [5.74, 6) is -0.528. The van der Waals surface area contributed by atoms with Crippen molar-refractivity contribution in [3.63, 3.8) is 0 Å². The molecule has 1 amide bonds. The second-order valence-electron chi connectivity index (χ2n) is 5.42. The topological polar surface area (TPSA) is 63.2 Å². The fourth-order valence-electron chi connectivity index (χ4n) is 2.27. The molecule has 122 valence electrons. The molecule has 0 aliphatic rings. The number of benzene rings is 2. The second-order valence-corrected chi connectivity index (χ2v) is 7.51. The molecule has 2 aromatic carbocycles. The van der Waals surface area contributed by atoms with Crippen LogP contribution in [0, 0.1) is 13.8 Å². The van der Waals surface area contributed by atoms with Crippen LogP contribution in [-0.2, 0) is 21.2 Å². The Bertz CT molecular complexity index is 814. The lowest BCUT2D eigenvalue weighted by Crippen LogP contribution is -2.31. The van der Waals surface area contributed by atoms with Crippen molar-refractivity contribution in [3.8, 4) is 0 Å². The van der Waals surface area contributed by atoms with Crippen LogP contribution in [0.3, 0.4) is 0 Å². The average Bonchev–Trinajstić information content (AvgIpc) is 2.45. The van der Waals surface area contributed by atoms with E-state index in [-0.39, 0.29) is 11.3 Å². The first kappa shape index (κ1) is 17.5. The fraction of sp³-hybridized carbons (Fsp3) is 0.235. The van der Waals surface area contributed by atoms with Crippen molar-refractivity contribution in [1.29, 1.82) is 0 Å². The van der Waals surface area contributed by atoms with Gasteiger partial charge in [0, 0.05) is 11.4 Å². The smallest absolute Gasteiger partial charge is 0.264 e. The summed E-state index contributed by atoms with van der Waals surface area (Å²) < 4.78 is 26.7. The van der Waals surface area contributed by atoms with Crippen LogP contribution in [0.4, 0.5) is 0 Å². The highest BCUT2D eigenvalue weighted by Crippen LogP contribution is 2.16. The van der Waals surface area contributed by atoms with Crippen LogP contribution < -0.4 is 4.72 Å². The van der Waals surface area contributed by atoms with Crippen molar-refractivity contribution < 1.29 is 13.2 Å².